The molecule has 3 aromatic carbocycles. The summed E-state index contributed by atoms with van der Waals surface area (Å²) in [6, 6.07) is 17.8. The van der Waals surface area contributed by atoms with E-state index in [4.69, 9.17) is 0 Å². The van der Waals surface area contributed by atoms with Crippen molar-refractivity contribution in [2.45, 2.75) is 12.8 Å². The molecule has 4 rings (SSSR count). The molecule has 0 heteroatoms. The lowest BCUT2D eigenvalue weighted by molar-refractivity contribution is 0.990. The minimum Gasteiger partial charge on any atom is -0.0836 e. The number of hydrogen-bond acceptors (Lipinski definition) is 0. The Morgan fingerprint density at radius 3 is 2.50 bits per heavy atom. The van der Waals surface area contributed by atoms with E-state index in [0.717, 1.165) is 0 Å². The molecule has 0 fully saturated rings. The van der Waals surface area contributed by atoms with E-state index >= 15 is 0 Å². The highest BCUT2D eigenvalue weighted by molar-refractivity contribution is 6.02. The second-order valence-electron chi connectivity index (χ2n) is 5.00. The molecule has 1 aliphatic carbocycles. The zero-order chi connectivity index (χ0) is 11.9. The van der Waals surface area contributed by atoms with Gasteiger partial charge in [0.15, 0.2) is 0 Å². The lowest BCUT2D eigenvalue weighted by Crippen LogP contribution is -1.94. The van der Waals surface area contributed by atoms with E-state index in [9.17, 15) is 0 Å². The number of benzene rings is 3. The van der Waals surface area contributed by atoms with E-state index < -0.39 is 0 Å². The molecular weight excluding hydrogens is 216 g/mol. The van der Waals surface area contributed by atoms with Crippen LogP contribution in [0.2, 0.25) is 0 Å². The largest absolute Gasteiger partial charge is 0.0836 e. The molecule has 0 aliphatic heterocycles. The Kier molecular flexibility index (Phi) is 2.04. The Morgan fingerprint density at radius 1 is 0.778 bits per heavy atom. The molecule has 0 aromatic heterocycles. The van der Waals surface area contributed by atoms with Crippen LogP contribution in [0.1, 0.15) is 17.5 Å². The van der Waals surface area contributed by atoms with Crippen LogP contribution >= 0.6 is 0 Å². The van der Waals surface area contributed by atoms with Crippen molar-refractivity contribution in [2.24, 2.45) is 0 Å². The highest BCUT2D eigenvalue weighted by Crippen LogP contribution is 2.31. The van der Waals surface area contributed by atoms with E-state index in [1.165, 1.54) is 45.5 Å². The van der Waals surface area contributed by atoms with E-state index in [-0.39, 0.29) is 0 Å². The third kappa shape index (κ3) is 1.39. The van der Waals surface area contributed by atoms with Crippen molar-refractivity contribution < 1.29 is 0 Å². The Balaban J connectivity index is 2.16. The zero-order valence-electron chi connectivity index (χ0n) is 10.2. The topological polar surface area (TPSA) is 0 Å². The normalized spacial score (nSPS) is 14.0. The van der Waals surface area contributed by atoms with Crippen molar-refractivity contribution in [3.8, 4) is 0 Å². The van der Waals surface area contributed by atoms with Crippen molar-refractivity contribution in [3.05, 3.63) is 65.7 Å². The molecule has 1 aliphatic rings. The molecule has 0 heterocycles. The molecule has 0 saturated heterocycles. The standard InChI is InChI=1S/C18H14/c1-2-7-15-12-18-16(11-14(15)6-1)10-9-13-5-3-4-8-17(13)18/h1-2,4,6-12H,3,5H2. The molecule has 0 bridgehead atoms. The number of hydrogen-bond donors (Lipinski definition) is 0. The van der Waals surface area contributed by atoms with Gasteiger partial charge in [0, 0.05) is 0 Å². The van der Waals surface area contributed by atoms with Gasteiger partial charge in [-0.05, 0) is 57.6 Å². The summed E-state index contributed by atoms with van der Waals surface area (Å²) < 4.78 is 0. The first-order chi connectivity index (χ1) is 8.92. The van der Waals surface area contributed by atoms with Crippen LogP contribution in [0.25, 0.3) is 27.6 Å². The summed E-state index contributed by atoms with van der Waals surface area (Å²) in [5, 5.41) is 5.39. The number of fused-ring (bicyclic) bond motifs is 4. The van der Waals surface area contributed by atoms with E-state index in [1.807, 2.05) is 0 Å². The summed E-state index contributed by atoms with van der Waals surface area (Å²) in [6.45, 7) is 0. The summed E-state index contributed by atoms with van der Waals surface area (Å²) in [4.78, 5) is 0. The Hall–Kier alpha value is -2.08. The first kappa shape index (κ1) is 9.90. The van der Waals surface area contributed by atoms with Gasteiger partial charge in [-0.3, -0.25) is 0 Å². The van der Waals surface area contributed by atoms with E-state index in [0.29, 0.717) is 0 Å². The number of allylic oxidation sites excluding steroid dienone is 1. The van der Waals surface area contributed by atoms with Gasteiger partial charge in [0.1, 0.15) is 0 Å². The molecule has 86 valence electrons. The monoisotopic (exact) mass is 230 g/mol. The highest BCUT2D eigenvalue weighted by Gasteiger charge is 2.08. The molecule has 18 heavy (non-hydrogen) atoms. The first-order valence-corrected chi connectivity index (χ1v) is 6.53. The lowest BCUT2D eigenvalue weighted by Gasteiger charge is -2.14. The molecule has 0 unspecified atom stereocenters. The Bertz CT molecular complexity index is 778. The smallest absolute Gasteiger partial charge is 0.0102 e. The van der Waals surface area contributed by atoms with Crippen LogP contribution in [0.15, 0.2) is 54.6 Å². The average molecular weight is 230 g/mol. The molecule has 0 atom stereocenters. The van der Waals surface area contributed by atoms with Crippen LogP contribution in [0, 0.1) is 0 Å². The first-order valence-electron chi connectivity index (χ1n) is 6.53. The zero-order valence-corrected chi connectivity index (χ0v) is 10.2. The third-order valence-corrected chi connectivity index (χ3v) is 3.88. The van der Waals surface area contributed by atoms with Gasteiger partial charge < -0.3 is 0 Å². The van der Waals surface area contributed by atoms with Gasteiger partial charge in [-0.2, -0.15) is 0 Å². The van der Waals surface area contributed by atoms with Gasteiger partial charge in [0.05, 0.1) is 0 Å². The minimum absolute atomic E-state index is 1.17. The van der Waals surface area contributed by atoms with Gasteiger partial charge >= 0.3 is 0 Å². The van der Waals surface area contributed by atoms with Gasteiger partial charge in [0.25, 0.3) is 0 Å². The maximum atomic E-state index is 2.33. The third-order valence-electron chi connectivity index (χ3n) is 3.88. The predicted molar refractivity (Wildman–Crippen MR) is 78.8 cm³/mol. The van der Waals surface area contributed by atoms with E-state index in [1.54, 1.807) is 0 Å². The van der Waals surface area contributed by atoms with Crippen LogP contribution in [0.5, 0.6) is 0 Å². The summed E-state index contributed by atoms with van der Waals surface area (Å²) >= 11 is 0. The second kappa shape index (κ2) is 3.71. The van der Waals surface area contributed by atoms with Crippen molar-refractivity contribution in [3.63, 3.8) is 0 Å². The van der Waals surface area contributed by atoms with Crippen molar-refractivity contribution in [2.75, 3.05) is 0 Å². The fraction of sp³-hybridized carbons (Fsp3) is 0.111. The summed E-state index contributed by atoms with van der Waals surface area (Å²) in [6.07, 6.45) is 6.92. The molecule has 0 spiro atoms. The van der Waals surface area contributed by atoms with Gasteiger partial charge in [-0.1, -0.05) is 48.6 Å². The summed E-state index contributed by atoms with van der Waals surface area (Å²) in [7, 11) is 0. The number of aryl methyl sites for hydroxylation is 1. The van der Waals surface area contributed by atoms with Crippen molar-refractivity contribution in [1.29, 1.82) is 0 Å². The van der Waals surface area contributed by atoms with Gasteiger partial charge in [0.2, 0.25) is 0 Å². The van der Waals surface area contributed by atoms with Crippen LogP contribution in [0.3, 0.4) is 0 Å². The van der Waals surface area contributed by atoms with Crippen LogP contribution in [-0.4, -0.2) is 0 Å². The number of rotatable bonds is 0. The van der Waals surface area contributed by atoms with Gasteiger partial charge in [-0.25, -0.2) is 0 Å². The maximum Gasteiger partial charge on any atom is -0.0102 e. The molecular formula is C18H14. The molecule has 0 N–H and O–H groups in total. The van der Waals surface area contributed by atoms with Crippen LogP contribution < -0.4 is 0 Å². The SMILES string of the molecule is C1=Cc2c(ccc3cc4ccccc4cc23)CC1. The fourth-order valence-electron chi connectivity index (χ4n) is 2.94. The Labute approximate surface area is 107 Å². The predicted octanol–water partition coefficient (Wildman–Crippen LogP) is 4.95. The maximum absolute atomic E-state index is 2.33. The second-order valence-corrected chi connectivity index (χ2v) is 5.00. The summed E-state index contributed by atoms with van der Waals surface area (Å²) in [5.41, 5.74) is 2.91. The van der Waals surface area contributed by atoms with Gasteiger partial charge in [-0.15, -0.1) is 0 Å². The quantitative estimate of drug-likeness (QED) is 0.479. The lowest BCUT2D eigenvalue weighted by atomic mass is 9.91. The fourth-order valence-corrected chi connectivity index (χ4v) is 2.94. The molecule has 0 saturated carbocycles. The molecule has 0 amide bonds. The minimum atomic E-state index is 1.17. The van der Waals surface area contributed by atoms with Crippen molar-refractivity contribution in [1.82, 2.24) is 0 Å². The van der Waals surface area contributed by atoms with Crippen molar-refractivity contribution >= 4 is 27.6 Å². The molecule has 3 aromatic rings. The van der Waals surface area contributed by atoms with Crippen LogP contribution in [0.4, 0.5) is 0 Å². The molecule has 0 nitrogen and oxygen atoms in total. The Morgan fingerprint density at radius 2 is 1.61 bits per heavy atom. The average Bonchev–Trinajstić information content (AvgIpc) is 2.45. The van der Waals surface area contributed by atoms with E-state index in [2.05, 4.69) is 60.7 Å². The molecule has 0 radical (unpaired) electrons. The summed E-state index contributed by atoms with van der Waals surface area (Å²) in [5.74, 6) is 0. The highest BCUT2D eigenvalue weighted by atomic mass is 14.1. The van der Waals surface area contributed by atoms with Crippen LogP contribution in [-0.2, 0) is 6.42 Å².